The Morgan fingerprint density at radius 1 is 1.19 bits per heavy atom. The summed E-state index contributed by atoms with van der Waals surface area (Å²) in [5.41, 5.74) is 8.32. The van der Waals surface area contributed by atoms with E-state index in [4.69, 9.17) is 10.5 Å². The van der Waals surface area contributed by atoms with E-state index in [1.165, 1.54) is 6.07 Å². The molecule has 0 spiro atoms. The first-order chi connectivity index (χ1) is 9.88. The molecule has 2 aromatic carbocycles. The summed E-state index contributed by atoms with van der Waals surface area (Å²) >= 11 is 0. The molecule has 0 saturated heterocycles. The lowest BCUT2D eigenvalue weighted by Gasteiger charge is -2.11. The maximum Gasteiger partial charge on any atom is 0.312 e. The van der Waals surface area contributed by atoms with Gasteiger partial charge in [-0.1, -0.05) is 18.2 Å². The third-order valence-corrected chi connectivity index (χ3v) is 3.22. The summed E-state index contributed by atoms with van der Waals surface area (Å²) < 4.78 is 5.71. The number of aryl methyl sites for hydroxylation is 2. The van der Waals surface area contributed by atoms with E-state index in [1.54, 1.807) is 19.1 Å². The Morgan fingerprint density at radius 2 is 1.81 bits per heavy atom. The Morgan fingerprint density at radius 3 is 2.33 bits per heavy atom. The fourth-order valence-electron chi connectivity index (χ4n) is 2.16. The smallest absolute Gasteiger partial charge is 0.312 e. The summed E-state index contributed by atoms with van der Waals surface area (Å²) in [6, 6.07) is 10.6. The third-order valence-electron chi connectivity index (χ3n) is 3.22. The maximum atomic E-state index is 11.2. The first-order valence-corrected chi connectivity index (χ1v) is 6.67. The van der Waals surface area contributed by atoms with Crippen molar-refractivity contribution >= 4 is 5.69 Å². The van der Waals surface area contributed by atoms with Gasteiger partial charge in [0.1, 0.15) is 5.75 Å². The lowest BCUT2D eigenvalue weighted by Crippen LogP contribution is -2.04. The summed E-state index contributed by atoms with van der Waals surface area (Å²) in [7, 11) is 0. The van der Waals surface area contributed by atoms with Crippen LogP contribution in [0.3, 0.4) is 0 Å². The second kappa shape index (κ2) is 5.93. The molecule has 0 unspecified atom stereocenters. The molecule has 5 nitrogen and oxygen atoms in total. The number of hydrogen-bond donors (Lipinski definition) is 1. The van der Waals surface area contributed by atoms with E-state index in [0.29, 0.717) is 5.75 Å². The van der Waals surface area contributed by atoms with Gasteiger partial charge >= 0.3 is 5.69 Å². The van der Waals surface area contributed by atoms with Crippen LogP contribution in [0.5, 0.6) is 11.5 Å². The van der Waals surface area contributed by atoms with E-state index in [0.717, 1.165) is 16.7 Å². The second-order valence-electron chi connectivity index (χ2n) is 5.15. The summed E-state index contributed by atoms with van der Waals surface area (Å²) in [5, 5.41) is 11.2. The van der Waals surface area contributed by atoms with Crippen molar-refractivity contribution in [3.05, 3.63) is 63.2 Å². The van der Waals surface area contributed by atoms with Gasteiger partial charge < -0.3 is 10.5 Å². The molecule has 0 saturated carbocycles. The van der Waals surface area contributed by atoms with E-state index < -0.39 is 4.92 Å². The van der Waals surface area contributed by atoms with Crippen molar-refractivity contribution in [3.63, 3.8) is 0 Å². The first-order valence-electron chi connectivity index (χ1n) is 6.67. The highest BCUT2D eigenvalue weighted by molar-refractivity contribution is 5.55. The van der Waals surface area contributed by atoms with E-state index in [-0.39, 0.29) is 17.5 Å². The fraction of sp³-hybridized carbons (Fsp3) is 0.250. The molecule has 0 aliphatic carbocycles. The molecule has 110 valence electrons. The van der Waals surface area contributed by atoms with Gasteiger partial charge in [0.2, 0.25) is 5.75 Å². The Hall–Kier alpha value is -2.40. The Kier molecular flexibility index (Phi) is 4.23. The number of ether oxygens (including phenoxy) is 1. The molecule has 1 atom stereocenters. The van der Waals surface area contributed by atoms with Gasteiger partial charge in [0.05, 0.1) is 4.92 Å². The average Bonchev–Trinajstić information content (AvgIpc) is 2.41. The highest BCUT2D eigenvalue weighted by atomic mass is 16.6. The summed E-state index contributed by atoms with van der Waals surface area (Å²) in [4.78, 5) is 10.7. The van der Waals surface area contributed by atoms with Gasteiger partial charge in [-0.3, -0.25) is 10.1 Å². The van der Waals surface area contributed by atoms with E-state index >= 15 is 0 Å². The molecule has 0 aliphatic heterocycles. The van der Waals surface area contributed by atoms with Crippen LogP contribution >= 0.6 is 0 Å². The highest BCUT2D eigenvalue weighted by Gasteiger charge is 2.19. The van der Waals surface area contributed by atoms with Gasteiger partial charge in [-0.15, -0.1) is 0 Å². The number of nitrogens with two attached hydrogens (primary N) is 1. The van der Waals surface area contributed by atoms with Gasteiger partial charge in [-0.05, 0) is 49.6 Å². The molecule has 2 aromatic rings. The Bertz CT molecular complexity index is 664. The van der Waals surface area contributed by atoms with Crippen LogP contribution in [0.2, 0.25) is 0 Å². The minimum Gasteiger partial charge on any atom is -0.450 e. The molecule has 2 rings (SSSR count). The molecule has 0 radical (unpaired) electrons. The predicted molar refractivity (Wildman–Crippen MR) is 81.7 cm³/mol. The summed E-state index contributed by atoms with van der Waals surface area (Å²) in [5.74, 6) is 0.827. The molecular weight excluding hydrogens is 268 g/mol. The zero-order chi connectivity index (χ0) is 15.6. The first kappa shape index (κ1) is 15.0. The SMILES string of the molecule is Cc1cc(C)c(Oc2ccc([C@@H](C)N)cc2)c([N+](=O)[O-])c1. The molecule has 2 N–H and O–H groups in total. The van der Waals surface area contributed by atoms with Gasteiger partial charge in [-0.25, -0.2) is 0 Å². The normalized spacial score (nSPS) is 12.0. The molecule has 0 heterocycles. The number of nitrogens with zero attached hydrogens (tertiary/aromatic N) is 1. The van der Waals surface area contributed by atoms with Crippen molar-refractivity contribution < 1.29 is 9.66 Å². The minimum absolute atomic E-state index is 0.0243. The molecule has 5 heteroatoms. The van der Waals surface area contributed by atoms with Crippen LogP contribution in [0.25, 0.3) is 0 Å². The number of hydrogen-bond acceptors (Lipinski definition) is 4. The van der Waals surface area contributed by atoms with Crippen molar-refractivity contribution in [3.8, 4) is 11.5 Å². The van der Waals surface area contributed by atoms with Crippen LogP contribution in [0.4, 0.5) is 5.69 Å². The lowest BCUT2D eigenvalue weighted by atomic mass is 10.1. The standard InChI is InChI=1S/C16H18N2O3/c1-10-8-11(2)16(15(9-10)18(19)20)21-14-6-4-13(5-7-14)12(3)17/h4-9,12H,17H2,1-3H3/t12-/m1/s1. The minimum atomic E-state index is -0.425. The van der Waals surface area contributed by atoms with Crippen molar-refractivity contribution in [2.45, 2.75) is 26.8 Å². The number of benzene rings is 2. The van der Waals surface area contributed by atoms with Crippen molar-refractivity contribution in [1.29, 1.82) is 0 Å². The average molecular weight is 286 g/mol. The topological polar surface area (TPSA) is 78.4 Å². The van der Waals surface area contributed by atoms with Crippen LogP contribution in [0, 0.1) is 24.0 Å². The number of nitro benzene ring substituents is 1. The van der Waals surface area contributed by atoms with Crippen LogP contribution in [-0.2, 0) is 0 Å². The molecular formula is C16H18N2O3. The van der Waals surface area contributed by atoms with Crippen molar-refractivity contribution in [1.82, 2.24) is 0 Å². The fourth-order valence-corrected chi connectivity index (χ4v) is 2.16. The van der Waals surface area contributed by atoms with Crippen molar-refractivity contribution in [2.24, 2.45) is 5.73 Å². The largest absolute Gasteiger partial charge is 0.450 e. The van der Waals surface area contributed by atoms with E-state index in [1.807, 2.05) is 32.0 Å². The zero-order valence-electron chi connectivity index (χ0n) is 12.3. The number of rotatable bonds is 4. The van der Waals surface area contributed by atoms with Gasteiger partial charge in [-0.2, -0.15) is 0 Å². The molecule has 0 bridgehead atoms. The Labute approximate surface area is 123 Å². The summed E-state index contributed by atoms with van der Waals surface area (Å²) in [6.45, 7) is 5.51. The van der Waals surface area contributed by atoms with Crippen molar-refractivity contribution in [2.75, 3.05) is 0 Å². The van der Waals surface area contributed by atoms with Gasteiger partial charge in [0, 0.05) is 12.1 Å². The maximum absolute atomic E-state index is 11.2. The molecule has 0 amide bonds. The summed E-state index contributed by atoms with van der Waals surface area (Å²) in [6.07, 6.45) is 0. The predicted octanol–water partition coefficient (Wildman–Crippen LogP) is 4.02. The zero-order valence-corrected chi connectivity index (χ0v) is 12.3. The van der Waals surface area contributed by atoms with Crippen LogP contribution in [0.15, 0.2) is 36.4 Å². The molecule has 0 aliphatic rings. The molecule has 0 fully saturated rings. The van der Waals surface area contributed by atoms with Crippen LogP contribution in [0.1, 0.15) is 29.7 Å². The highest BCUT2D eigenvalue weighted by Crippen LogP contribution is 2.35. The van der Waals surface area contributed by atoms with Gasteiger partial charge in [0.15, 0.2) is 0 Å². The lowest BCUT2D eigenvalue weighted by molar-refractivity contribution is -0.385. The third kappa shape index (κ3) is 3.38. The van der Waals surface area contributed by atoms with Crippen LogP contribution in [-0.4, -0.2) is 4.92 Å². The van der Waals surface area contributed by atoms with E-state index in [2.05, 4.69) is 0 Å². The van der Waals surface area contributed by atoms with Crippen LogP contribution < -0.4 is 10.5 Å². The second-order valence-corrected chi connectivity index (χ2v) is 5.15. The van der Waals surface area contributed by atoms with Gasteiger partial charge in [0.25, 0.3) is 0 Å². The Balaban J connectivity index is 2.37. The number of nitro groups is 1. The van der Waals surface area contributed by atoms with E-state index in [9.17, 15) is 10.1 Å². The quantitative estimate of drug-likeness (QED) is 0.680. The molecule has 21 heavy (non-hydrogen) atoms. The monoisotopic (exact) mass is 286 g/mol. The molecule has 0 aromatic heterocycles.